The lowest BCUT2D eigenvalue weighted by Crippen LogP contribution is -2.35. The summed E-state index contributed by atoms with van der Waals surface area (Å²) >= 11 is 0. The Morgan fingerprint density at radius 3 is 2.47 bits per heavy atom. The molecule has 5 amide bonds. The maximum absolute atomic E-state index is 12.4. The fourth-order valence-corrected chi connectivity index (χ4v) is 3.21. The van der Waals surface area contributed by atoms with Crippen LogP contribution in [-0.4, -0.2) is 41.7 Å². The van der Waals surface area contributed by atoms with E-state index < -0.39 is 17.8 Å². The lowest BCUT2D eigenvalue weighted by Gasteiger charge is -2.13. The predicted molar refractivity (Wildman–Crippen MR) is 109 cm³/mol. The van der Waals surface area contributed by atoms with Crippen molar-refractivity contribution in [2.24, 2.45) is 0 Å². The van der Waals surface area contributed by atoms with Crippen molar-refractivity contribution in [2.75, 3.05) is 23.7 Å². The molecular weight excluding hydrogens is 388 g/mol. The molecule has 9 heteroatoms. The Morgan fingerprint density at radius 2 is 1.73 bits per heavy atom. The number of nitrogens with one attached hydrogen (secondary N) is 3. The number of urea groups is 1. The Bertz CT molecular complexity index is 1150. The van der Waals surface area contributed by atoms with Crippen LogP contribution in [0.25, 0.3) is 11.0 Å². The van der Waals surface area contributed by atoms with Gasteiger partial charge in [0.1, 0.15) is 18.7 Å². The molecule has 0 aliphatic carbocycles. The molecule has 1 aliphatic rings. The number of para-hydroxylation sites is 1. The molecule has 2 aromatic carbocycles. The van der Waals surface area contributed by atoms with E-state index in [1.165, 1.54) is 0 Å². The predicted octanol–water partition coefficient (Wildman–Crippen LogP) is 2.10. The van der Waals surface area contributed by atoms with Crippen molar-refractivity contribution in [1.82, 2.24) is 10.2 Å². The number of nitrogens with zero attached hydrogens (tertiary/aromatic N) is 1. The lowest BCUT2D eigenvalue weighted by atomic mass is 10.1. The highest BCUT2D eigenvalue weighted by Gasteiger charge is 2.28. The monoisotopic (exact) mass is 406 g/mol. The van der Waals surface area contributed by atoms with E-state index in [0.29, 0.717) is 11.4 Å². The summed E-state index contributed by atoms with van der Waals surface area (Å²) in [6, 6.07) is 13.5. The largest absolute Gasteiger partial charge is 0.464 e. The van der Waals surface area contributed by atoms with Crippen molar-refractivity contribution in [3.8, 4) is 0 Å². The average Bonchev–Trinajstić information content (AvgIpc) is 3.24. The smallest absolute Gasteiger partial charge is 0.325 e. The Hall–Kier alpha value is -4.14. The van der Waals surface area contributed by atoms with Gasteiger partial charge in [-0.3, -0.25) is 19.7 Å². The van der Waals surface area contributed by atoms with E-state index in [0.717, 1.165) is 21.4 Å². The van der Waals surface area contributed by atoms with Crippen molar-refractivity contribution < 1.29 is 23.6 Å². The van der Waals surface area contributed by atoms with Gasteiger partial charge >= 0.3 is 6.03 Å². The molecule has 1 aliphatic heterocycles. The van der Waals surface area contributed by atoms with Gasteiger partial charge in [-0.15, -0.1) is 0 Å². The summed E-state index contributed by atoms with van der Waals surface area (Å²) in [6.45, 7) is -0.396. The maximum Gasteiger partial charge on any atom is 0.325 e. The summed E-state index contributed by atoms with van der Waals surface area (Å²) in [5.41, 5.74) is 2.47. The first-order valence-electron chi connectivity index (χ1n) is 9.21. The molecule has 4 rings (SSSR count). The van der Waals surface area contributed by atoms with Crippen LogP contribution in [0.2, 0.25) is 0 Å². The fourth-order valence-electron chi connectivity index (χ4n) is 3.21. The first-order valence-corrected chi connectivity index (χ1v) is 9.21. The number of benzene rings is 2. The van der Waals surface area contributed by atoms with Crippen molar-refractivity contribution in [3.05, 3.63) is 60.4 Å². The molecular formula is C21H18N4O5. The molecule has 2 heterocycles. The molecule has 0 unspecified atom stereocenters. The molecule has 1 saturated heterocycles. The second kappa shape index (κ2) is 8.08. The van der Waals surface area contributed by atoms with Gasteiger partial charge in [-0.05, 0) is 24.3 Å². The van der Waals surface area contributed by atoms with Crippen LogP contribution in [0.4, 0.5) is 16.2 Å². The SMILES string of the molecule is O=C1CN(CC(=O)Nc2cccc(NC(=O)Cc3coc4ccccc34)c2)C(=O)N1. The van der Waals surface area contributed by atoms with Gasteiger partial charge in [-0.25, -0.2) is 4.79 Å². The number of amides is 5. The lowest BCUT2D eigenvalue weighted by molar-refractivity contribution is -0.119. The summed E-state index contributed by atoms with van der Waals surface area (Å²) < 4.78 is 5.45. The molecule has 0 bridgehead atoms. The molecule has 30 heavy (non-hydrogen) atoms. The minimum Gasteiger partial charge on any atom is -0.464 e. The summed E-state index contributed by atoms with van der Waals surface area (Å²) in [5.74, 6) is -1.12. The molecule has 1 fully saturated rings. The first-order chi connectivity index (χ1) is 14.5. The third-order valence-corrected chi connectivity index (χ3v) is 4.54. The highest BCUT2D eigenvalue weighted by atomic mass is 16.3. The van der Waals surface area contributed by atoms with Gasteiger partial charge in [0.25, 0.3) is 0 Å². The minimum absolute atomic E-state index is 0.145. The first kappa shape index (κ1) is 19.2. The third kappa shape index (κ3) is 4.30. The van der Waals surface area contributed by atoms with Gasteiger partial charge in [-0.1, -0.05) is 24.3 Å². The molecule has 0 saturated carbocycles. The number of carbonyl (C=O) groups is 4. The topological polar surface area (TPSA) is 121 Å². The van der Waals surface area contributed by atoms with Crippen LogP contribution < -0.4 is 16.0 Å². The van der Waals surface area contributed by atoms with Gasteiger partial charge in [0.2, 0.25) is 17.7 Å². The molecule has 0 spiro atoms. The minimum atomic E-state index is -0.595. The number of carbonyl (C=O) groups excluding carboxylic acids is 4. The molecule has 1 aromatic heterocycles. The zero-order valence-electron chi connectivity index (χ0n) is 15.8. The molecule has 3 aromatic rings. The fraction of sp³-hybridized carbons (Fsp3) is 0.143. The summed E-state index contributed by atoms with van der Waals surface area (Å²) in [5, 5.41) is 8.44. The Kier molecular flexibility index (Phi) is 5.17. The Labute approximate surface area is 171 Å². The van der Waals surface area contributed by atoms with Crippen LogP contribution in [0.5, 0.6) is 0 Å². The van der Waals surface area contributed by atoms with Gasteiger partial charge in [0.15, 0.2) is 0 Å². The van der Waals surface area contributed by atoms with Crippen LogP contribution >= 0.6 is 0 Å². The summed E-state index contributed by atoms with van der Waals surface area (Å²) in [6.07, 6.45) is 1.71. The molecule has 3 N–H and O–H groups in total. The zero-order valence-corrected chi connectivity index (χ0v) is 15.8. The van der Waals surface area contributed by atoms with Crippen LogP contribution in [-0.2, 0) is 20.8 Å². The van der Waals surface area contributed by atoms with Crippen molar-refractivity contribution >= 4 is 46.1 Å². The van der Waals surface area contributed by atoms with Crippen LogP contribution in [0.15, 0.2) is 59.2 Å². The highest BCUT2D eigenvalue weighted by molar-refractivity contribution is 6.04. The van der Waals surface area contributed by atoms with E-state index in [9.17, 15) is 19.2 Å². The standard InChI is InChI=1S/C21H18N4O5/c26-18(8-13-12-30-17-7-2-1-6-16(13)17)22-14-4-3-5-15(9-14)23-19(27)10-25-11-20(28)24-21(25)29/h1-7,9,12H,8,10-11H2,(H,22,26)(H,23,27)(H,24,28,29). The van der Waals surface area contributed by atoms with Gasteiger partial charge in [0.05, 0.1) is 12.7 Å². The molecule has 152 valence electrons. The van der Waals surface area contributed by atoms with Gasteiger partial charge in [0, 0.05) is 22.3 Å². The van der Waals surface area contributed by atoms with E-state index in [-0.39, 0.29) is 25.4 Å². The van der Waals surface area contributed by atoms with Gasteiger partial charge < -0.3 is 20.0 Å². The van der Waals surface area contributed by atoms with Crippen molar-refractivity contribution in [1.29, 1.82) is 0 Å². The molecule has 9 nitrogen and oxygen atoms in total. The number of hydrogen-bond acceptors (Lipinski definition) is 5. The summed E-state index contributed by atoms with van der Waals surface area (Å²) in [4.78, 5) is 48.4. The van der Waals surface area contributed by atoms with E-state index in [1.807, 2.05) is 24.3 Å². The normalized spacial score (nSPS) is 13.4. The number of hydrogen-bond donors (Lipinski definition) is 3. The number of anilines is 2. The average molecular weight is 406 g/mol. The van der Waals surface area contributed by atoms with E-state index in [2.05, 4.69) is 16.0 Å². The Morgan fingerprint density at radius 1 is 1.00 bits per heavy atom. The van der Waals surface area contributed by atoms with Crippen molar-refractivity contribution in [3.63, 3.8) is 0 Å². The summed E-state index contributed by atoms with van der Waals surface area (Å²) in [7, 11) is 0. The van der Waals surface area contributed by atoms with Crippen LogP contribution in [0.3, 0.4) is 0 Å². The third-order valence-electron chi connectivity index (χ3n) is 4.54. The van der Waals surface area contributed by atoms with Crippen LogP contribution in [0, 0.1) is 0 Å². The second-order valence-electron chi connectivity index (χ2n) is 6.82. The van der Waals surface area contributed by atoms with E-state index >= 15 is 0 Å². The molecule has 0 radical (unpaired) electrons. The van der Waals surface area contributed by atoms with Crippen LogP contribution in [0.1, 0.15) is 5.56 Å². The maximum atomic E-state index is 12.4. The Balaban J connectivity index is 1.36. The molecule has 0 atom stereocenters. The van der Waals surface area contributed by atoms with Crippen molar-refractivity contribution in [2.45, 2.75) is 6.42 Å². The van der Waals surface area contributed by atoms with E-state index in [1.54, 1.807) is 30.5 Å². The second-order valence-corrected chi connectivity index (χ2v) is 6.82. The van der Waals surface area contributed by atoms with Gasteiger partial charge in [-0.2, -0.15) is 0 Å². The number of imide groups is 1. The van der Waals surface area contributed by atoms with E-state index in [4.69, 9.17) is 4.42 Å². The zero-order chi connectivity index (χ0) is 21.1. The highest BCUT2D eigenvalue weighted by Crippen LogP contribution is 2.22. The number of furan rings is 1. The quantitative estimate of drug-likeness (QED) is 0.542. The number of rotatable bonds is 6. The number of fused-ring (bicyclic) bond motifs is 1.